The van der Waals surface area contributed by atoms with Gasteiger partial charge < -0.3 is 15.3 Å². The molecule has 1 aliphatic heterocycles. The van der Waals surface area contributed by atoms with Crippen LogP contribution in [0.4, 0.5) is 0 Å². The summed E-state index contributed by atoms with van der Waals surface area (Å²) in [6.45, 7) is 12.2. The number of benzene rings is 1. The van der Waals surface area contributed by atoms with Crippen molar-refractivity contribution >= 4 is 40.7 Å². The smallest absolute Gasteiger partial charge is 0.0728 e. The molecule has 6 heteroatoms. The molecule has 2 aliphatic rings. The Bertz CT molecular complexity index is 594. The lowest BCUT2D eigenvalue weighted by atomic mass is 9.64. The Kier molecular flexibility index (Phi) is 10.3. The van der Waals surface area contributed by atoms with Crippen molar-refractivity contribution in [1.82, 2.24) is 10.2 Å². The Balaban J connectivity index is 0.00000196. The Labute approximate surface area is 192 Å². The number of hydrogen-bond donors (Lipinski definition) is 2. The van der Waals surface area contributed by atoms with E-state index in [1.54, 1.807) is 0 Å². The van der Waals surface area contributed by atoms with Gasteiger partial charge >= 0.3 is 0 Å². The molecule has 28 heavy (non-hydrogen) atoms. The van der Waals surface area contributed by atoms with E-state index < -0.39 is 5.60 Å². The van der Waals surface area contributed by atoms with E-state index in [2.05, 4.69) is 71.2 Å². The molecule has 0 amide bonds. The zero-order chi connectivity index (χ0) is 18.8. The number of aliphatic hydroxyl groups is 1. The highest BCUT2D eigenvalue weighted by molar-refractivity contribution is 9.10. The van der Waals surface area contributed by atoms with Crippen LogP contribution in [-0.4, -0.2) is 48.3 Å². The normalized spacial score (nSPS) is 27.4. The lowest BCUT2D eigenvalue weighted by Crippen LogP contribution is -2.50. The van der Waals surface area contributed by atoms with Crippen LogP contribution in [0.3, 0.4) is 0 Å². The van der Waals surface area contributed by atoms with Crippen LogP contribution in [0, 0.1) is 11.3 Å². The van der Waals surface area contributed by atoms with Crippen LogP contribution in [0.1, 0.15) is 57.9 Å². The van der Waals surface area contributed by atoms with Gasteiger partial charge in [0.2, 0.25) is 0 Å². The fraction of sp³-hybridized carbons (Fsp3) is 0.727. The summed E-state index contributed by atoms with van der Waals surface area (Å²) in [6.07, 6.45) is 4.09. The van der Waals surface area contributed by atoms with Crippen LogP contribution in [0.2, 0.25) is 0 Å². The number of piperazine rings is 1. The van der Waals surface area contributed by atoms with Gasteiger partial charge in [0.25, 0.3) is 0 Å². The van der Waals surface area contributed by atoms with E-state index in [-0.39, 0.29) is 30.7 Å². The topological polar surface area (TPSA) is 35.5 Å². The first-order valence-corrected chi connectivity index (χ1v) is 11.0. The second kappa shape index (κ2) is 11.0. The first kappa shape index (κ1) is 26.2. The maximum absolute atomic E-state index is 11.7. The number of rotatable bonds is 4. The summed E-state index contributed by atoms with van der Waals surface area (Å²) in [4.78, 5) is 2.52. The molecule has 0 aromatic heterocycles. The third-order valence-electron chi connectivity index (χ3n) is 6.63. The minimum absolute atomic E-state index is 0. The minimum Gasteiger partial charge on any atom is -0.389 e. The van der Waals surface area contributed by atoms with Crippen LogP contribution in [-0.2, 0) is 0 Å². The van der Waals surface area contributed by atoms with Gasteiger partial charge in [0.1, 0.15) is 0 Å². The van der Waals surface area contributed by atoms with E-state index in [0.29, 0.717) is 11.3 Å². The lowest BCUT2D eigenvalue weighted by molar-refractivity contribution is -0.0538. The highest BCUT2D eigenvalue weighted by Crippen LogP contribution is 2.47. The van der Waals surface area contributed by atoms with E-state index in [9.17, 15) is 5.11 Å². The van der Waals surface area contributed by atoms with Crippen molar-refractivity contribution in [2.45, 2.75) is 58.0 Å². The van der Waals surface area contributed by atoms with Crippen molar-refractivity contribution < 1.29 is 5.11 Å². The van der Waals surface area contributed by atoms with E-state index in [1.807, 2.05) is 0 Å². The molecule has 1 saturated heterocycles. The van der Waals surface area contributed by atoms with Gasteiger partial charge in [-0.25, -0.2) is 0 Å². The Morgan fingerprint density at radius 3 is 2.32 bits per heavy atom. The third-order valence-corrected chi connectivity index (χ3v) is 7.12. The van der Waals surface area contributed by atoms with Crippen molar-refractivity contribution in [1.29, 1.82) is 0 Å². The largest absolute Gasteiger partial charge is 0.389 e. The Morgan fingerprint density at radius 2 is 1.79 bits per heavy atom. The number of nitrogens with zero attached hydrogens (tertiary/aromatic N) is 1. The van der Waals surface area contributed by atoms with Crippen molar-refractivity contribution in [3.63, 3.8) is 0 Å². The van der Waals surface area contributed by atoms with E-state index in [4.69, 9.17) is 0 Å². The first-order chi connectivity index (χ1) is 12.3. The van der Waals surface area contributed by atoms with Gasteiger partial charge in [-0.2, -0.15) is 0 Å². The molecule has 2 fully saturated rings. The van der Waals surface area contributed by atoms with E-state index in [1.165, 1.54) is 5.56 Å². The monoisotopic (exact) mass is 494 g/mol. The van der Waals surface area contributed by atoms with Gasteiger partial charge in [0, 0.05) is 43.1 Å². The molecule has 2 N–H and O–H groups in total. The summed E-state index contributed by atoms with van der Waals surface area (Å²) in [7, 11) is 0. The molecule has 0 bridgehead atoms. The molecular formula is C22H37BrCl2N2O. The molecule has 1 heterocycles. The molecule has 0 radical (unpaired) electrons. The number of hydrogen-bond acceptors (Lipinski definition) is 3. The van der Waals surface area contributed by atoms with Gasteiger partial charge in [-0.3, -0.25) is 0 Å². The van der Waals surface area contributed by atoms with Crippen molar-refractivity contribution in [2.24, 2.45) is 11.3 Å². The minimum atomic E-state index is -0.590. The fourth-order valence-electron chi connectivity index (χ4n) is 4.79. The summed E-state index contributed by atoms with van der Waals surface area (Å²) in [6, 6.07) is 8.59. The molecule has 1 unspecified atom stereocenters. The zero-order valence-electron chi connectivity index (χ0n) is 17.4. The highest BCUT2D eigenvalue weighted by atomic mass is 79.9. The summed E-state index contributed by atoms with van der Waals surface area (Å²) in [5.41, 5.74) is 1.02. The zero-order valence-corrected chi connectivity index (χ0v) is 20.6. The average Bonchev–Trinajstić information content (AvgIpc) is 2.60. The van der Waals surface area contributed by atoms with Crippen LogP contribution in [0.15, 0.2) is 28.7 Å². The molecule has 1 aliphatic carbocycles. The molecule has 1 aromatic rings. The predicted molar refractivity (Wildman–Crippen MR) is 127 cm³/mol. The highest BCUT2D eigenvalue weighted by Gasteiger charge is 2.43. The van der Waals surface area contributed by atoms with Crippen LogP contribution < -0.4 is 5.32 Å². The summed E-state index contributed by atoms with van der Waals surface area (Å²) in [5, 5.41) is 15.2. The molecular weight excluding hydrogens is 459 g/mol. The van der Waals surface area contributed by atoms with Gasteiger partial charge in [-0.1, -0.05) is 48.8 Å². The predicted octanol–water partition coefficient (Wildman–Crippen LogP) is 5.25. The van der Waals surface area contributed by atoms with Crippen molar-refractivity contribution in [2.75, 3.05) is 32.7 Å². The third kappa shape index (κ3) is 6.58. The summed E-state index contributed by atoms with van der Waals surface area (Å²) < 4.78 is 1.10. The number of nitrogens with one attached hydrogen (secondary N) is 1. The van der Waals surface area contributed by atoms with E-state index >= 15 is 0 Å². The van der Waals surface area contributed by atoms with Crippen LogP contribution in [0.5, 0.6) is 0 Å². The van der Waals surface area contributed by atoms with Gasteiger partial charge in [-0.05, 0) is 54.7 Å². The Morgan fingerprint density at radius 1 is 1.18 bits per heavy atom. The second-order valence-electron chi connectivity index (χ2n) is 9.40. The van der Waals surface area contributed by atoms with Gasteiger partial charge in [0.05, 0.1) is 5.60 Å². The van der Waals surface area contributed by atoms with Crippen molar-refractivity contribution in [3.05, 3.63) is 34.3 Å². The maximum Gasteiger partial charge on any atom is 0.0728 e. The second-order valence-corrected chi connectivity index (χ2v) is 10.3. The van der Waals surface area contributed by atoms with Crippen molar-refractivity contribution in [3.8, 4) is 0 Å². The molecule has 0 spiro atoms. The standard InChI is InChI=1S/C22H35BrN2O.2ClH/c1-21(2,3)18-7-9-22(26,10-8-18)20(16-25-13-11-24-12-14-25)17-5-4-6-19(23)15-17;;/h4-6,15,18,20,24,26H,7-14,16H2,1-3H3;2*1H. The van der Waals surface area contributed by atoms with Crippen LogP contribution in [0.25, 0.3) is 0 Å². The lowest BCUT2D eigenvalue weighted by Gasteiger charge is -2.46. The summed E-state index contributed by atoms with van der Waals surface area (Å²) in [5.74, 6) is 0.893. The molecule has 1 saturated carbocycles. The molecule has 1 atom stereocenters. The van der Waals surface area contributed by atoms with Gasteiger partial charge in [0.15, 0.2) is 0 Å². The number of halogens is 3. The molecule has 162 valence electrons. The molecule has 1 aromatic carbocycles. The van der Waals surface area contributed by atoms with Gasteiger partial charge in [-0.15, -0.1) is 24.8 Å². The molecule has 3 rings (SSSR count). The first-order valence-electron chi connectivity index (χ1n) is 10.2. The maximum atomic E-state index is 11.7. The average molecular weight is 496 g/mol. The molecule has 3 nitrogen and oxygen atoms in total. The van der Waals surface area contributed by atoms with E-state index in [0.717, 1.165) is 62.9 Å². The SMILES string of the molecule is CC(C)(C)C1CCC(O)(C(CN2CCNCC2)c2cccc(Br)c2)CC1.Cl.Cl. The summed E-state index contributed by atoms with van der Waals surface area (Å²) >= 11 is 3.63. The Hall–Kier alpha value is 0.160. The van der Waals surface area contributed by atoms with Crippen LogP contribution >= 0.6 is 40.7 Å². The quantitative estimate of drug-likeness (QED) is 0.598. The fourth-order valence-corrected chi connectivity index (χ4v) is 5.21.